The molecule has 140 valence electrons. The summed E-state index contributed by atoms with van der Waals surface area (Å²) in [6.45, 7) is 3.37. The van der Waals surface area contributed by atoms with Gasteiger partial charge in [0.1, 0.15) is 8.07 Å². The third kappa shape index (κ3) is 4.43. The fraction of sp³-hybridized carbons (Fsp3) is 0.400. The first-order valence-electron chi connectivity index (χ1n) is 7.00. The van der Waals surface area contributed by atoms with Gasteiger partial charge in [0.2, 0.25) is 0 Å². The zero-order chi connectivity index (χ0) is 19.6. The van der Waals surface area contributed by atoms with Gasteiger partial charge in [0.05, 0.1) is 0 Å². The number of hydrogen-bond acceptors (Lipinski definition) is 2. The van der Waals surface area contributed by atoms with Crippen LogP contribution in [0.15, 0.2) is 36.5 Å². The van der Waals surface area contributed by atoms with Gasteiger partial charge in [-0.15, -0.1) is 6.58 Å². The Labute approximate surface area is 141 Å². The first kappa shape index (κ1) is 21.2. The minimum Gasteiger partial charge on any atom is -0.310 e. The lowest BCUT2D eigenvalue weighted by molar-refractivity contribution is -0.355. The van der Waals surface area contributed by atoms with Crippen molar-refractivity contribution in [1.82, 2.24) is 0 Å². The van der Waals surface area contributed by atoms with Gasteiger partial charge in [-0.3, -0.25) is 9.53 Å². The van der Waals surface area contributed by atoms with Crippen LogP contribution in [0.2, 0.25) is 13.1 Å². The number of likely N-dealkylation sites (N-methyl/N-ethyl adjacent to an activating group) is 1. The van der Waals surface area contributed by atoms with Gasteiger partial charge >= 0.3 is 24.5 Å². The molecule has 0 aromatic heterocycles. The molecule has 0 aliphatic carbocycles. The molecular formula is C15H17F6NO2Si. The standard InChI is InChI=1S/C15H17F6NO2Si/c1-5-25(3,4)11-8-6-7-10(9-11)22(2)12(23)14(18,15(19,20)21)24-13(16)17/h5-9,13H,1H2,2-4H3. The molecule has 1 atom stereocenters. The number of benzene rings is 1. The highest BCUT2D eigenvalue weighted by Crippen LogP contribution is 2.38. The molecular weight excluding hydrogens is 368 g/mol. The molecule has 1 rings (SSSR count). The normalized spacial score (nSPS) is 15.0. The van der Waals surface area contributed by atoms with Crippen molar-refractivity contribution in [3.63, 3.8) is 0 Å². The second-order valence-electron chi connectivity index (χ2n) is 5.81. The molecule has 0 radical (unpaired) electrons. The molecule has 0 fully saturated rings. The molecule has 0 saturated carbocycles. The summed E-state index contributed by atoms with van der Waals surface area (Å²) in [6.07, 6.45) is -5.97. The van der Waals surface area contributed by atoms with Gasteiger partial charge in [-0.1, -0.05) is 36.1 Å². The second kappa shape index (κ2) is 7.20. The molecule has 0 spiro atoms. The summed E-state index contributed by atoms with van der Waals surface area (Å²) >= 11 is 0. The minimum atomic E-state index is -5.97. The number of halogens is 6. The topological polar surface area (TPSA) is 29.5 Å². The largest absolute Gasteiger partial charge is 0.458 e. The summed E-state index contributed by atoms with van der Waals surface area (Å²) in [4.78, 5) is 12.2. The van der Waals surface area contributed by atoms with Crippen molar-refractivity contribution in [2.24, 2.45) is 0 Å². The van der Waals surface area contributed by atoms with E-state index in [0.717, 1.165) is 7.05 Å². The fourth-order valence-electron chi connectivity index (χ4n) is 1.93. The lowest BCUT2D eigenvalue weighted by Gasteiger charge is -2.30. The van der Waals surface area contributed by atoms with E-state index in [9.17, 15) is 31.1 Å². The molecule has 25 heavy (non-hydrogen) atoms. The first-order chi connectivity index (χ1) is 11.3. The highest BCUT2D eigenvalue weighted by molar-refractivity contribution is 6.93. The van der Waals surface area contributed by atoms with Gasteiger partial charge in [0, 0.05) is 12.7 Å². The van der Waals surface area contributed by atoms with Crippen molar-refractivity contribution < 1.29 is 35.9 Å². The molecule has 0 aliphatic rings. The van der Waals surface area contributed by atoms with E-state index in [1.165, 1.54) is 18.2 Å². The van der Waals surface area contributed by atoms with Gasteiger partial charge in [-0.25, -0.2) is 0 Å². The lowest BCUT2D eigenvalue weighted by atomic mass is 10.2. The van der Waals surface area contributed by atoms with Gasteiger partial charge in [-0.2, -0.15) is 26.3 Å². The Morgan fingerprint density at radius 1 is 1.28 bits per heavy atom. The highest BCUT2D eigenvalue weighted by atomic mass is 28.3. The number of rotatable bonds is 6. The Balaban J connectivity index is 3.29. The Kier molecular flexibility index (Phi) is 6.12. The number of nitrogens with zero attached hydrogens (tertiary/aromatic N) is 1. The summed E-state index contributed by atoms with van der Waals surface area (Å²) < 4.78 is 80.0. The molecule has 1 amide bonds. The Morgan fingerprint density at radius 3 is 2.28 bits per heavy atom. The monoisotopic (exact) mass is 385 g/mol. The van der Waals surface area contributed by atoms with Crippen LogP contribution in [0.4, 0.5) is 32.0 Å². The molecule has 1 aromatic carbocycles. The van der Waals surface area contributed by atoms with Crippen LogP contribution in [-0.4, -0.2) is 39.7 Å². The van der Waals surface area contributed by atoms with Crippen molar-refractivity contribution in [3.05, 3.63) is 36.5 Å². The number of amides is 1. The molecule has 10 heteroatoms. The van der Waals surface area contributed by atoms with Crippen LogP contribution in [0.25, 0.3) is 0 Å². The zero-order valence-electron chi connectivity index (χ0n) is 13.7. The van der Waals surface area contributed by atoms with Gasteiger partial charge in [0.25, 0.3) is 0 Å². The van der Waals surface area contributed by atoms with Crippen LogP contribution >= 0.6 is 0 Å². The van der Waals surface area contributed by atoms with Crippen LogP contribution in [0.5, 0.6) is 0 Å². The third-order valence-electron chi connectivity index (χ3n) is 3.68. The third-order valence-corrected chi connectivity index (χ3v) is 6.50. The van der Waals surface area contributed by atoms with Crippen molar-refractivity contribution in [2.45, 2.75) is 31.7 Å². The van der Waals surface area contributed by atoms with Crippen molar-refractivity contribution in [1.29, 1.82) is 0 Å². The van der Waals surface area contributed by atoms with E-state index in [0.29, 0.717) is 10.1 Å². The van der Waals surface area contributed by atoms with E-state index < -0.39 is 32.6 Å². The van der Waals surface area contributed by atoms with E-state index in [4.69, 9.17) is 0 Å². The number of carbonyl (C=O) groups excluding carboxylic acids is 1. The number of alkyl halides is 6. The summed E-state index contributed by atoms with van der Waals surface area (Å²) in [7, 11) is -1.27. The van der Waals surface area contributed by atoms with Crippen LogP contribution in [0.1, 0.15) is 0 Å². The molecule has 0 saturated heterocycles. The van der Waals surface area contributed by atoms with E-state index in [1.54, 1.807) is 11.8 Å². The molecule has 1 unspecified atom stereocenters. The predicted octanol–water partition coefficient (Wildman–Crippen LogP) is 3.76. The number of carbonyl (C=O) groups is 1. The van der Waals surface area contributed by atoms with Crippen molar-refractivity contribution in [3.8, 4) is 0 Å². The van der Waals surface area contributed by atoms with Crippen molar-refractivity contribution in [2.75, 3.05) is 11.9 Å². The predicted molar refractivity (Wildman–Crippen MR) is 84.1 cm³/mol. The second-order valence-corrected chi connectivity index (χ2v) is 10.2. The summed E-state index contributed by atoms with van der Waals surface area (Å²) in [5.74, 6) is -7.45. The Hall–Kier alpha value is -1.81. The maximum Gasteiger partial charge on any atom is 0.458 e. The van der Waals surface area contributed by atoms with E-state index >= 15 is 0 Å². The quantitative estimate of drug-likeness (QED) is 0.551. The molecule has 0 aliphatic heterocycles. The van der Waals surface area contributed by atoms with Gasteiger partial charge < -0.3 is 4.90 Å². The molecule has 3 nitrogen and oxygen atoms in total. The average Bonchev–Trinajstić information content (AvgIpc) is 2.51. The van der Waals surface area contributed by atoms with Crippen LogP contribution in [0, 0.1) is 0 Å². The van der Waals surface area contributed by atoms with Gasteiger partial charge in [-0.05, 0) is 12.1 Å². The SMILES string of the molecule is C=C[Si](C)(C)c1cccc(N(C)C(=O)C(F)(OC(F)F)C(F)(F)F)c1. The maximum atomic E-state index is 14.1. The summed E-state index contributed by atoms with van der Waals surface area (Å²) in [6, 6.07) is 5.81. The van der Waals surface area contributed by atoms with Crippen LogP contribution < -0.4 is 10.1 Å². The average molecular weight is 385 g/mol. The Morgan fingerprint density at radius 2 is 1.84 bits per heavy atom. The highest BCUT2D eigenvalue weighted by Gasteiger charge is 2.66. The van der Waals surface area contributed by atoms with Crippen LogP contribution in [0.3, 0.4) is 0 Å². The fourth-order valence-corrected chi connectivity index (χ4v) is 3.21. The minimum absolute atomic E-state index is 0.0888. The van der Waals surface area contributed by atoms with Crippen LogP contribution in [-0.2, 0) is 9.53 Å². The van der Waals surface area contributed by atoms with E-state index in [1.807, 2.05) is 13.1 Å². The number of hydrogen-bond donors (Lipinski definition) is 0. The Bertz CT molecular complexity index is 649. The van der Waals surface area contributed by atoms with E-state index in [2.05, 4.69) is 11.3 Å². The summed E-state index contributed by atoms with van der Waals surface area (Å²) in [5, 5.41) is 0.714. The number of anilines is 1. The first-order valence-corrected chi connectivity index (χ1v) is 10.1. The molecule has 0 bridgehead atoms. The maximum absolute atomic E-state index is 14.1. The lowest BCUT2D eigenvalue weighted by Crippen LogP contribution is -2.57. The molecule has 0 N–H and O–H groups in total. The summed E-state index contributed by atoms with van der Waals surface area (Å²) in [5.41, 5.74) is 1.62. The van der Waals surface area contributed by atoms with Gasteiger partial charge in [0.15, 0.2) is 0 Å². The smallest absolute Gasteiger partial charge is 0.310 e. The zero-order valence-corrected chi connectivity index (χ0v) is 14.7. The van der Waals surface area contributed by atoms with E-state index in [-0.39, 0.29) is 5.69 Å². The molecule has 1 aromatic rings. The molecule has 0 heterocycles. The van der Waals surface area contributed by atoms with Crippen molar-refractivity contribution >= 4 is 24.9 Å². The number of ether oxygens (including phenoxy) is 1.